The van der Waals surface area contributed by atoms with Gasteiger partial charge < -0.3 is 32.1 Å². The van der Waals surface area contributed by atoms with E-state index >= 15 is 0 Å². The van der Waals surface area contributed by atoms with Crippen LogP contribution in [0.25, 0.3) is 0 Å². The number of esters is 1. The zero-order chi connectivity index (χ0) is 18.9. The summed E-state index contributed by atoms with van der Waals surface area (Å²) in [5.74, 6) is -1.13. The zero-order valence-electron chi connectivity index (χ0n) is 15.4. The monoisotopic (exact) mass is 600 g/mol. The van der Waals surface area contributed by atoms with Crippen LogP contribution in [0, 0.1) is 44.1 Å². The summed E-state index contributed by atoms with van der Waals surface area (Å²) >= 11 is 0. The van der Waals surface area contributed by atoms with Crippen LogP contribution < -0.4 is 10.5 Å². The average Bonchev–Trinajstić information content (AvgIpc) is 3.11. The fourth-order valence-corrected chi connectivity index (χ4v) is 3.00. The van der Waals surface area contributed by atoms with Gasteiger partial charge in [-0.05, 0) is 32.5 Å². The molecule has 0 aromatic heterocycles. The molecular weight excluding hydrogens is 574 g/mol. The molecule has 1 fully saturated rings. The smallest absolute Gasteiger partial charge is 0.551 e. The van der Waals surface area contributed by atoms with Gasteiger partial charge >= 0.3 is 43.1 Å². The Kier molecular flexibility index (Phi) is 11.0. The Bertz CT molecular complexity index is 608. The predicted molar refractivity (Wildman–Crippen MR) is 95.5 cm³/mol. The fourth-order valence-electron chi connectivity index (χ4n) is 3.00. The summed E-state index contributed by atoms with van der Waals surface area (Å²) in [5.41, 5.74) is 7.06. The molecule has 27 heavy (non-hydrogen) atoms. The van der Waals surface area contributed by atoms with Crippen LogP contribution in [0.3, 0.4) is 0 Å². The van der Waals surface area contributed by atoms with E-state index in [0.717, 1.165) is 25.9 Å². The minimum Gasteiger partial charge on any atom is -0.551 e. The number of nitrogens with two attached hydrogens (primary N) is 1. The van der Waals surface area contributed by atoms with E-state index in [1.54, 1.807) is 18.2 Å². The molecule has 3 N–H and O–H groups in total. The van der Waals surface area contributed by atoms with E-state index in [1.807, 2.05) is 0 Å². The summed E-state index contributed by atoms with van der Waals surface area (Å²) in [6, 6.07) is 7.69. The summed E-state index contributed by atoms with van der Waals surface area (Å²) < 4.78 is 10.9. The van der Waals surface area contributed by atoms with Crippen LogP contribution in [0.1, 0.15) is 37.4 Å². The quantitative estimate of drug-likeness (QED) is 0.311. The minimum atomic E-state index is -1.04. The number of carboxylic acids is 1. The van der Waals surface area contributed by atoms with Crippen molar-refractivity contribution in [3.8, 4) is 5.75 Å². The maximum Gasteiger partial charge on any atom is 2.00 e. The number of likely N-dealkylation sites (tertiary alicyclic amines) is 1. The average molecular weight is 600 g/mol. The van der Waals surface area contributed by atoms with E-state index in [0.29, 0.717) is 17.9 Å². The third-order valence-corrected chi connectivity index (χ3v) is 4.24. The second kappa shape index (κ2) is 12.4. The number of carboxylic acid groups (broad SMARTS) is 1. The van der Waals surface area contributed by atoms with Gasteiger partial charge in [0.1, 0.15) is 6.10 Å². The maximum absolute atomic E-state index is 12.1. The molecule has 0 saturated carbocycles. The van der Waals surface area contributed by atoms with Gasteiger partial charge in [0.15, 0.2) is 0 Å². The van der Waals surface area contributed by atoms with Crippen LogP contribution in [0.2, 0.25) is 0 Å². The minimum absolute atomic E-state index is 0. The number of carbonyl (C=O) groups is 2. The van der Waals surface area contributed by atoms with Crippen LogP contribution in [-0.2, 0) is 14.3 Å². The van der Waals surface area contributed by atoms with Crippen molar-refractivity contribution < 1.29 is 55.3 Å². The first kappa shape index (κ1) is 24.0. The molecule has 8 heteroatoms. The molecule has 1 saturated heterocycles. The van der Waals surface area contributed by atoms with Gasteiger partial charge in [-0.25, -0.2) is 0 Å². The molecule has 1 aliphatic heterocycles. The van der Waals surface area contributed by atoms with Crippen LogP contribution in [0.4, 0.5) is 0 Å². The predicted octanol–water partition coefficient (Wildman–Crippen LogP) is 1.57. The molecule has 0 spiro atoms. The normalized spacial score (nSPS) is 16.2. The van der Waals surface area contributed by atoms with Crippen molar-refractivity contribution in [2.75, 3.05) is 26.2 Å². The number of ether oxygens (including phenoxy) is 2. The molecule has 0 unspecified atom stereocenters. The number of benzene rings is 1. The Morgan fingerprint density at radius 2 is 2.04 bits per heavy atom. The number of aliphatic carboxylic acids is 1. The molecule has 0 aliphatic carbocycles. The summed E-state index contributed by atoms with van der Waals surface area (Å²) in [6.07, 6.45) is 1.13. The van der Waals surface area contributed by atoms with E-state index in [9.17, 15) is 9.59 Å². The van der Waals surface area contributed by atoms with Crippen molar-refractivity contribution >= 4 is 11.9 Å². The molecule has 0 amide bonds. The Morgan fingerprint density at radius 3 is 2.67 bits per heavy atom. The molecule has 1 aromatic carbocycles. The van der Waals surface area contributed by atoms with E-state index in [2.05, 4.69) is 17.9 Å². The van der Waals surface area contributed by atoms with Crippen LogP contribution in [0.15, 0.2) is 18.2 Å². The summed E-state index contributed by atoms with van der Waals surface area (Å²) in [7, 11) is 0. The first-order valence-electron chi connectivity index (χ1n) is 8.82. The van der Waals surface area contributed by atoms with Gasteiger partial charge in [-0.15, -0.1) is 17.7 Å². The van der Waals surface area contributed by atoms with Gasteiger partial charge in [-0.3, -0.25) is 9.59 Å². The third-order valence-electron chi connectivity index (χ3n) is 4.24. The molecule has 1 heterocycles. The van der Waals surface area contributed by atoms with E-state index in [1.165, 1.54) is 0 Å². The molecule has 1 aliphatic rings. The summed E-state index contributed by atoms with van der Waals surface area (Å²) in [4.78, 5) is 25.0. The number of hydrogen-bond donors (Lipinski definition) is 2. The molecule has 146 valence electrons. The second-order valence-electron chi connectivity index (χ2n) is 6.31. The summed E-state index contributed by atoms with van der Waals surface area (Å²) in [5, 5.41) is 8.74. The Morgan fingerprint density at radius 1 is 1.33 bits per heavy atom. The summed E-state index contributed by atoms with van der Waals surface area (Å²) in [6.45, 7) is 6.44. The van der Waals surface area contributed by atoms with Gasteiger partial charge in [-0.2, -0.15) is 12.1 Å². The van der Waals surface area contributed by atoms with Crippen LogP contribution in [-0.4, -0.2) is 54.2 Å². The fraction of sp³-hybridized carbons (Fsp3) is 0.526. The van der Waals surface area contributed by atoms with Gasteiger partial charge in [0, 0.05) is 12.3 Å². The molecule has 7 nitrogen and oxygen atoms in total. The topological polar surface area (TPSA) is 102 Å². The molecular formula is C19H26N2O5U. The molecule has 2 atom stereocenters. The van der Waals surface area contributed by atoms with Crippen molar-refractivity contribution in [1.82, 2.24) is 4.90 Å². The van der Waals surface area contributed by atoms with Crippen molar-refractivity contribution in [3.05, 3.63) is 36.8 Å². The first-order valence-corrected chi connectivity index (χ1v) is 8.82. The van der Waals surface area contributed by atoms with Crippen molar-refractivity contribution in [1.29, 1.82) is 0 Å². The second-order valence-corrected chi connectivity index (χ2v) is 6.31. The zero-order valence-corrected chi connectivity index (χ0v) is 19.5. The number of carbonyl (C=O) groups excluding carboxylic acids is 1. The number of hydrogen-bond acceptors (Lipinski definition) is 6. The molecule has 0 radical (unpaired) electrons. The molecule has 2 rings (SSSR count). The van der Waals surface area contributed by atoms with Crippen molar-refractivity contribution in [2.45, 2.75) is 37.8 Å². The van der Waals surface area contributed by atoms with E-state index < -0.39 is 24.1 Å². The van der Waals surface area contributed by atoms with Crippen molar-refractivity contribution in [3.63, 3.8) is 0 Å². The van der Waals surface area contributed by atoms with Crippen molar-refractivity contribution in [2.24, 2.45) is 5.73 Å². The Hall–Kier alpha value is -1.07. The Labute approximate surface area is 183 Å². The third kappa shape index (κ3) is 8.22. The van der Waals surface area contributed by atoms with E-state index in [-0.39, 0.29) is 50.6 Å². The Balaban J connectivity index is 0.00000364. The van der Waals surface area contributed by atoms with Gasteiger partial charge in [0.25, 0.3) is 0 Å². The number of rotatable bonds is 10. The van der Waals surface area contributed by atoms with Gasteiger partial charge in [-0.1, -0.05) is 0 Å². The SMILES string of the molecule is [CH2-]COc1[c-]ccc([C@@H](OC(=O)CCC(=O)O)[C@H](N)CN2CCCC2)c1.[U+2]. The largest absolute Gasteiger partial charge is 2.00 e. The van der Waals surface area contributed by atoms with Crippen LogP contribution in [0.5, 0.6) is 5.75 Å². The van der Waals surface area contributed by atoms with Crippen LogP contribution >= 0.6 is 0 Å². The standard InChI is InChI=1S/C19H26N2O5.U/c1-2-25-15-7-5-6-14(12-15)19(26-18(24)9-8-17(22)23)16(20)13-21-10-3-4-11-21;/h5-6,12,16,19H,1-4,8-11,13,20H2,(H,22,23);/q-2;+2/t16-,19-;/m1./s1. The molecule has 1 aromatic rings. The van der Waals surface area contributed by atoms with Gasteiger partial charge in [0.05, 0.1) is 18.9 Å². The van der Waals surface area contributed by atoms with Gasteiger partial charge in [0.2, 0.25) is 0 Å². The van der Waals surface area contributed by atoms with E-state index in [4.69, 9.17) is 20.3 Å². The number of nitrogens with zero attached hydrogens (tertiary/aromatic N) is 1. The maximum atomic E-state index is 12.1. The first-order chi connectivity index (χ1) is 12.5. The molecule has 0 bridgehead atoms.